The maximum absolute atomic E-state index is 12.5. The fourth-order valence-electron chi connectivity index (χ4n) is 4.69. The van der Waals surface area contributed by atoms with E-state index in [4.69, 9.17) is 9.47 Å². The average Bonchev–Trinajstić information content (AvgIpc) is 2.90. The van der Waals surface area contributed by atoms with Crippen LogP contribution in [0.3, 0.4) is 0 Å². The third-order valence-electron chi connectivity index (χ3n) is 6.67. The fourth-order valence-corrected chi connectivity index (χ4v) is 4.69. The van der Waals surface area contributed by atoms with E-state index in [1.165, 1.54) is 18.2 Å². The van der Waals surface area contributed by atoms with Gasteiger partial charge in [0, 0.05) is 51.4 Å². The lowest BCUT2D eigenvalue weighted by Crippen LogP contribution is -2.48. The van der Waals surface area contributed by atoms with E-state index in [0.29, 0.717) is 56.2 Å². The van der Waals surface area contributed by atoms with Crippen molar-refractivity contribution < 1.29 is 24.2 Å². The van der Waals surface area contributed by atoms with Gasteiger partial charge in [-0.2, -0.15) is 5.10 Å². The number of carbonyl (C=O) groups is 2. The van der Waals surface area contributed by atoms with Crippen LogP contribution in [0, 0.1) is 0 Å². The Kier molecular flexibility index (Phi) is 8.97. The molecule has 4 rings (SSSR count). The Hall–Kier alpha value is -3.63. The van der Waals surface area contributed by atoms with Gasteiger partial charge in [0.1, 0.15) is 0 Å². The van der Waals surface area contributed by atoms with Crippen LogP contribution in [0.15, 0.2) is 41.5 Å². The molecule has 2 aromatic carbocycles. The number of rotatable bonds is 8. The van der Waals surface area contributed by atoms with Crippen LogP contribution in [0.25, 0.3) is 0 Å². The predicted octanol–water partition coefficient (Wildman–Crippen LogP) is 2.18. The quantitative estimate of drug-likeness (QED) is 0.415. The van der Waals surface area contributed by atoms with Gasteiger partial charge in [0.2, 0.25) is 0 Å². The number of carbonyl (C=O) groups excluding carboxylic acids is 2. The third kappa shape index (κ3) is 6.99. The Labute approximate surface area is 217 Å². The lowest BCUT2D eigenvalue weighted by Gasteiger charge is -2.34. The van der Waals surface area contributed by atoms with Gasteiger partial charge in [0.25, 0.3) is 5.91 Å². The molecule has 0 bridgehead atoms. The summed E-state index contributed by atoms with van der Waals surface area (Å²) >= 11 is 0. The molecule has 0 spiro atoms. The van der Waals surface area contributed by atoms with E-state index in [9.17, 15) is 14.7 Å². The first kappa shape index (κ1) is 26.4. The molecule has 2 aromatic rings. The van der Waals surface area contributed by atoms with Crippen molar-refractivity contribution in [2.24, 2.45) is 5.10 Å². The van der Waals surface area contributed by atoms with Crippen LogP contribution in [-0.2, 0) is 29.0 Å². The summed E-state index contributed by atoms with van der Waals surface area (Å²) in [4.78, 5) is 30.4. The number of hydrogen-bond donors (Lipinski definition) is 2. The molecule has 10 heteroatoms. The van der Waals surface area contributed by atoms with Crippen LogP contribution in [0.4, 0.5) is 4.79 Å². The Morgan fingerprint density at radius 3 is 2.57 bits per heavy atom. The second kappa shape index (κ2) is 12.6. The first-order valence-electron chi connectivity index (χ1n) is 12.6. The van der Waals surface area contributed by atoms with Crippen LogP contribution >= 0.6 is 0 Å². The van der Waals surface area contributed by atoms with Crippen molar-refractivity contribution in [3.8, 4) is 11.5 Å². The number of methoxy groups -OCH3 is 1. The summed E-state index contributed by atoms with van der Waals surface area (Å²) in [7, 11) is 1.50. The first-order chi connectivity index (χ1) is 18.0. The SMILES string of the molecule is CCOC(=O)N1CCN(Cc2cc(C=NNC(=O)CN3CCc4ccccc4C3)cc(OC)c2O)CC1. The van der Waals surface area contributed by atoms with E-state index < -0.39 is 0 Å². The van der Waals surface area contributed by atoms with Crippen LogP contribution in [0.1, 0.15) is 29.2 Å². The molecule has 2 heterocycles. The minimum atomic E-state index is -0.294. The molecule has 0 unspecified atom stereocenters. The minimum absolute atomic E-state index is 0.0712. The van der Waals surface area contributed by atoms with Crippen molar-refractivity contribution >= 4 is 18.2 Å². The molecule has 0 radical (unpaired) electrons. The number of ether oxygens (including phenoxy) is 2. The highest BCUT2D eigenvalue weighted by atomic mass is 16.6. The van der Waals surface area contributed by atoms with Gasteiger partial charge in [-0.3, -0.25) is 14.6 Å². The molecule has 2 N–H and O–H groups in total. The van der Waals surface area contributed by atoms with Gasteiger partial charge in [0.05, 0.1) is 26.5 Å². The Morgan fingerprint density at radius 2 is 1.84 bits per heavy atom. The van der Waals surface area contributed by atoms with Gasteiger partial charge in [-0.1, -0.05) is 24.3 Å². The minimum Gasteiger partial charge on any atom is -0.504 e. The molecule has 1 saturated heterocycles. The molecule has 2 aliphatic heterocycles. The largest absolute Gasteiger partial charge is 0.504 e. The molecule has 2 aliphatic rings. The van der Waals surface area contributed by atoms with Crippen molar-refractivity contribution in [2.75, 3.05) is 53.0 Å². The lowest BCUT2D eigenvalue weighted by molar-refractivity contribution is -0.122. The van der Waals surface area contributed by atoms with Gasteiger partial charge >= 0.3 is 6.09 Å². The Morgan fingerprint density at radius 1 is 1.08 bits per heavy atom. The zero-order valence-corrected chi connectivity index (χ0v) is 21.5. The smallest absolute Gasteiger partial charge is 0.409 e. The number of phenols is 1. The number of aromatic hydroxyl groups is 1. The summed E-state index contributed by atoms with van der Waals surface area (Å²) in [5.74, 6) is 0.227. The molecule has 0 atom stereocenters. The predicted molar refractivity (Wildman–Crippen MR) is 140 cm³/mol. The van der Waals surface area contributed by atoms with Crippen LogP contribution in [-0.4, -0.2) is 91.0 Å². The van der Waals surface area contributed by atoms with E-state index in [2.05, 4.69) is 32.5 Å². The van der Waals surface area contributed by atoms with Gasteiger partial charge < -0.3 is 19.5 Å². The van der Waals surface area contributed by atoms with Crippen molar-refractivity contribution in [1.82, 2.24) is 20.1 Å². The molecule has 2 amide bonds. The molecule has 0 aliphatic carbocycles. The molecule has 1 fully saturated rings. The molecular formula is C27H35N5O5. The highest BCUT2D eigenvalue weighted by Crippen LogP contribution is 2.32. The van der Waals surface area contributed by atoms with Crippen molar-refractivity contribution in [2.45, 2.75) is 26.4 Å². The fraction of sp³-hybridized carbons (Fsp3) is 0.444. The number of amides is 2. The maximum atomic E-state index is 12.5. The zero-order valence-electron chi connectivity index (χ0n) is 21.5. The summed E-state index contributed by atoms with van der Waals surface area (Å²) < 4.78 is 10.4. The number of nitrogens with one attached hydrogen (secondary N) is 1. The molecule has 10 nitrogen and oxygen atoms in total. The Bertz CT molecular complexity index is 1130. The van der Waals surface area contributed by atoms with Crippen molar-refractivity contribution in [1.29, 1.82) is 0 Å². The van der Waals surface area contributed by atoms with Crippen LogP contribution in [0.5, 0.6) is 11.5 Å². The first-order valence-corrected chi connectivity index (χ1v) is 12.6. The van der Waals surface area contributed by atoms with Crippen molar-refractivity contribution in [3.63, 3.8) is 0 Å². The third-order valence-corrected chi connectivity index (χ3v) is 6.67. The molecular weight excluding hydrogens is 474 g/mol. The van der Waals surface area contributed by atoms with Gasteiger partial charge in [-0.25, -0.2) is 10.2 Å². The second-order valence-electron chi connectivity index (χ2n) is 9.22. The standard InChI is InChI=1S/C27H35N5O5/c1-3-37-27(35)32-12-10-30(11-13-32)18-23-14-20(15-24(36-2)26(23)34)16-28-29-25(33)19-31-9-8-21-6-4-5-7-22(21)17-31/h4-7,14-16,34H,3,8-13,17-19H2,1-2H3,(H,29,33). The normalized spacial score (nSPS) is 16.4. The molecule has 198 valence electrons. The van der Waals surface area contributed by atoms with E-state index in [-0.39, 0.29) is 24.3 Å². The summed E-state index contributed by atoms with van der Waals surface area (Å²) in [5, 5.41) is 14.8. The molecule has 37 heavy (non-hydrogen) atoms. The van der Waals surface area contributed by atoms with Gasteiger partial charge in [-0.05, 0) is 42.2 Å². The van der Waals surface area contributed by atoms with E-state index in [1.54, 1.807) is 24.1 Å². The lowest BCUT2D eigenvalue weighted by atomic mass is 10.00. The zero-order chi connectivity index (χ0) is 26.2. The average molecular weight is 510 g/mol. The summed E-state index contributed by atoms with van der Waals surface area (Å²) in [6.07, 6.45) is 2.19. The summed E-state index contributed by atoms with van der Waals surface area (Å²) in [6.45, 7) is 6.94. The van der Waals surface area contributed by atoms with E-state index >= 15 is 0 Å². The second-order valence-corrected chi connectivity index (χ2v) is 9.22. The number of piperazine rings is 1. The summed E-state index contributed by atoms with van der Waals surface area (Å²) in [5.41, 5.74) is 6.59. The topological polar surface area (TPSA) is 107 Å². The number of phenolic OH excluding ortho intramolecular Hbond substituents is 1. The maximum Gasteiger partial charge on any atom is 0.409 e. The number of hydrogen-bond acceptors (Lipinski definition) is 8. The molecule has 0 saturated carbocycles. The summed E-state index contributed by atoms with van der Waals surface area (Å²) in [6, 6.07) is 11.8. The van der Waals surface area contributed by atoms with Crippen LogP contribution in [0.2, 0.25) is 0 Å². The number of fused-ring (bicyclic) bond motifs is 1. The van der Waals surface area contributed by atoms with Gasteiger partial charge in [0.15, 0.2) is 11.5 Å². The number of benzene rings is 2. The monoisotopic (exact) mass is 509 g/mol. The molecule has 0 aromatic heterocycles. The van der Waals surface area contributed by atoms with Crippen molar-refractivity contribution in [3.05, 3.63) is 58.7 Å². The highest BCUT2D eigenvalue weighted by molar-refractivity contribution is 5.84. The van der Waals surface area contributed by atoms with Crippen LogP contribution < -0.4 is 10.2 Å². The number of hydrazone groups is 1. The van der Waals surface area contributed by atoms with Gasteiger partial charge in [-0.15, -0.1) is 0 Å². The highest BCUT2D eigenvalue weighted by Gasteiger charge is 2.23. The number of nitrogens with zero attached hydrogens (tertiary/aromatic N) is 4. The van der Waals surface area contributed by atoms with E-state index in [1.807, 2.05) is 18.2 Å². The van der Waals surface area contributed by atoms with E-state index in [0.717, 1.165) is 19.5 Å². The Balaban J connectivity index is 1.32.